The highest BCUT2D eigenvalue weighted by molar-refractivity contribution is 6.21. The fourth-order valence-electron chi connectivity index (χ4n) is 2.15. The normalized spacial score (nSPS) is 13.6. The minimum atomic E-state index is -0.377. The standard InChI is InChI=1S/C15H11FN2O2/c16-10-4-3-5-11(8-10)17-9-18-14(19)12-6-1-2-7-13(12)15(18)20/h1-8,17H,9H2. The van der Waals surface area contributed by atoms with Gasteiger partial charge in [-0.05, 0) is 30.3 Å². The summed E-state index contributed by atoms with van der Waals surface area (Å²) in [6.45, 7) is 0.00972. The molecule has 4 nitrogen and oxygen atoms in total. The van der Waals surface area contributed by atoms with E-state index in [2.05, 4.69) is 5.32 Å². The number of benzene rings is 2. The minimum Gasteiger partial charge on any atom is -0.367 e. The third-order valence-corrected chi connectivity index (χ3v) is 3.14. The maximum atomic E-state index is 13.0. The van der Waals surface area contributed by atoms with Gasteiger partial charge in [0.2, 0.25) is 0 Å². The third kappa shape index (κ3) is 2.03. The molecule has 0 saturated carbocycles. The number of rotatable bonds is 3. The zero-order valence-corrected chi connectivity index (χ0v) is 10.5. The number of carbonyl (C=O) groups excluding carboxylic acids is 2. The molecular weight excluding hydrogens is 259 g/mol. The molecular formula is C15H11FN2O2. The SMILES string of the molecule is O=C1c2ccccc2C(=O)N1CNc1cccc(F)c1. The van der Waals surface area contributed by atoms with E-state index in [1.807, 2.05) is 0 Å². The van der Waals surface area contributed by atoms with Crippen LogP contribution >= 0.6 is 0 Å². The number of fused-ring (bicyclic) bond motifs is 1. The smallest absolute Gasteiger partial charge is 0.263 e. The highest BCUT2D eigenvalue weighted by Crippen LogP contribution is 2.22. The summed E-state index contributed by atoms with van der Waals surface area (Å²) in [5, 5.41) is 2.87. The van der Waals surface area contributed by atoms with Gasteiger partial charge in [0.1, 0.15) is 5.82 Å². The molecule has 1 heterocycles. The first-order valence-corrected chi connectivity index (χ1v) is 6.11. The van der Waals surface area contributed by atoms with Crippen LogP contribution in [0.15, 0.2) is 48.5 Å². The lowest BCUT2D eigenvalue weighted by atomic mass is 10.1. The molecule has 0 unspecified atom stereocenters. The Morgan fingerprint density at radius 2 is 1.60 bits per heavy atom. The van der Waals surface area contributed by atoms with Crippen LogP contribution in [0, 0.1) is 5.82 Å². The van der Waals surface area contributed by atoms with Crippen LogP contribution < -0.4 is 5.32 Å². The summed E-state index contributed by atoms with van der Waals surface area (Å²) < 4.78 is 13.0. The summed E-state index contributed by atoms with van der Waals surface area (Å²) >= 11 is 0. The fourth-order valence-corrected chi connectivity index (χ4v) is 2.15. The van der Waals surface area contributed by atoms with Crippen molar-refractivity contribution in [1.29, 1.82) is 0 Å². The summed E-state index contributed by atoms with van der Waals surface area (Å²) in [7, 11) is 0. The molecule has 2 aromatic rings. The minimum absolute atomic E-state index is 0.00972. The van der Waals surface area contributed by atoms with E-state index in [4.69, 9.17) is 0 Å². The Morgan fingerprint density at radius 3 is 2.20 bits per heavy atom. The largest absolute Gasteiger partial charge is 0.367 e. The molecule has 0 atom stereocenters. The first-order chi connectivity index (χ1) is 9.66. The van der Waals surface area contributed by atoms with Crippen molar-refractivity contribution in [3.63, 3.8) is 0 Å². The topological polar surface area (TPSA) is 49.4 Å². The molecule has 2 aromatic carbocycles. The van der Waals surface area contributed by atoms with Gasteiger partial charge in [0, 0.05) is 5.69 Å². The van der Waals surface area contributed by atoms with Gasteiger partial charge in [0.25, 0.3) is 11.8 Å². The van der Waals surface area contributed by atoms with E-state index in [-0.39, 0.29) is 24.3 Å². The van der Waals surface area contributed by atoms with Gasteiger partial charge in [-0.25, -0.2) is 4.39 Å². The molecule has 100 valence electrons. The first-order valence-electron chi connectivity index (χ1n) is 6.11. The number of anilines is 1. The Balaban J connectivity index is 1.77. The van der Waals surface area contributed by atoms with Crippen molar-refractivity contribution >= 4 is 17.5 Å². The fraction of sp³-hybridized carbons (Fsp3) is 0.0667. The van der Waals surface area contributed by atoms with E-state index < -0.39 is 0 Å². The first kappa shape index (κ1) is 12.3. The number of halogens is 1. The van der Waals surface area contributed by atoms with Crippen molar-refractivity contribution in [2.24, 2.45) is 0 Å². The monoisotopic (exact) mass is 270 g/mol. The van der Waals surface area contributed by atoms with Crippen LogP contribution in [-0.4, -0.2) is 23.4 Å². The van der Waals surface area contributed by atoms with Crippen molar-refractivity contribution in [2.75, 3.05) is 12.0 Å². The maximum absolute atomic E-state index is 13.0. The highest BCUT2D eigenvalue weighted by Gasteiger charge is 2.34. The Labute approximate surface area is 114 Å². The van der Waals surface area contributed by atoms with Crippen LogP contribution in [0.25, 0.3) is 0 Å². The number of carbonyl (C=O) groups is 2. The van der Waals surface area contributed by atoms with Gasteiger partial charge in [-0.1, -0.05) is 18.2 Å². The number of nitrogens with one attached hydrogen (secondary N) is 1. The molecule has 20 heavy (non-hydrogen) atoms. The summed E-state index contributed by atoms with van der Waals surface area (Å²) in [5.74, 6) is -1.05. The lowest BCUT2D eigenvalue weighted by Gasteiger charge is -2.15. The van der Waals surface area contributed by atoms with Gasteiger partial charge in [-0.3, -0.25) is 14.5 Å². The predicted molar refractivity (Wildman–Crippen MR) is 71.8 cm³/mol. The molecule has 0 bridgehead atoms. The van der Waals surface area contributed by atoms with Crippen LogP contribution in [0.4, 0.5) is 10.1 Å². The summed E-state index contributed by atoms with van der Waals surface area (Å²) in [4.78, 5) is 25.3. The number of nitrogens with zero attached hydrogens (tertiary/aromatic N) is 1. The zero-order valence-electron chi connectivity index (χ0n) is 10.5. The molecule has 0 aliphatic carbocycles. The molecule has 0 spiro atoms. The summed E-state index contributed by atoms with van der Waals surface area (Å²) in [6, 6.07) is 12.5. The van der Waals surface area contributed by atoms with E-state index in [0.29, 0.717) is 16.8 Å². The van der Waals surface area contributed by atoms with Crippen molar-refractivity contribution < 1.29 is 14.0 Å². The second kappa shape index (κ2) is 4.77. The highest BCUT2D eigenvalue weighted by atomic mass is 19.1. The Bertz CT molecular complexity index is 665. The van der Waals surface area contributed by atoms with E-state index in [0.717, 1.165) is 4.90 Å². The van der Waals surface area contributed by atoms with Gasteiger partial charge in [0.15, 0.2) is 0 Å². The number of hydrogen-bond donors (Lipinski definition) is 1. The second-order valence-electron chi connectivity index (χ2n) is 4.43. The van der Waals surface area contributed by atoms with E-state index >= 15 is 0 Å². The summed E-state index contributed by atoms with van der Waals surface area (Å²) in [5.41, 5.74) is 1.32. The van der Waals surface area contributed by atoms with Crippen LogP contribution in [-0.2, 0) is 0 Å². The quantitative estimate of drug-likeness (QED) is 0.872. The average molecular weight is 270 g/mol. The van der Waals surface area contributed by atoms with Crippen molar-refractivity contribution in [2.45, 2.75) is 0 Å². The molecule has 2 amide bonds. The molecule has 1 aliphatic rings. The van der Waals surface area contributed by atoms with Crippen molar-refractivity contribution in [1.82, 2.24) is 4.90 Å². The molecule has 1 aliphatic heterocycles. The van der Waals surface area contributed by atoms with Gasteiger partial charge in [-0.2, -0.15) is 0 Å². The van der Waals surface area contributed by atoms with E-state index in [1.54, 1.807) is 36.4 Å². The average Bonchev–Trinajstić information content (AvgIpc) is 2.70. The second-order valence-corrected chi connectivity index (χ2v) is 4.43. The van der Waals surface area contributed by atoms with Gasteiger partial charge in [-0.15, -0.1) is 0 Å². The lowest BCUT2D eigenvalue weighted by molar-refractivity contribution is 0.0666. The predicted octanol–water partition coefficient (Wildman–Crippen LogP) is 2.49. The number of imide groups is 1. The van der Waals surface area contributed by atoms with Crippen LogP contribution in [0.1, 0.15) is 20.7 Å². The lowest BCUT2D eigenvalue weighted by Crippen LogP contribution is -2.34. The summed E-state index contributed by atoms with van der Waals surface area (Å²) in [6.07, 6.45) is 0. The van der Waals surface area contributed by atoms with Crippen molar-refractivity contribution in [3.8, 4) is 0 Å². The molecule has 3 rings (SSSR count). The van der Waals surface area contributed by atoms with E-state index in [9.17, 15) is 14.0 Å². The molecule has 0 radical (unpaired) electrons. The number of amides is 2. The maximum Gasteiger partial charge on any atom is 0.263 e. The molecule has 5 heteroatoms. The van der Waals surface area contributed by atoms with Crippen LogP contribution in [0.2, 0.25) is 0 Å². The molecule has 0 saturated heterocycles. The van der Waals surface area contributed by atoms with Crippen LogP contribution in [0.3, 0.4) is 0 Å². The Morgan fingerprint density at radius 1 is 0.950 bits per heavy atom. The Hall–Kier alpha value is -2.69. The third-order valence-electron chi connectivity index (χ3n) is 3.14. The Kier molecular flexibility index (Phi) is 2.95. The van der Waals surface area contributed by atoms with Crippen molar-refractivity contribution in [3.05, 3.63) is 65.5 Å². The van der Waals surface area contributed by atoms with Gasteiger partial charge < -0.3 is 5.32 Å². The van der Waals surface area contributed by atoms with Crippen LogP contribution in [0.5, 0.6) is 0 Å². The zero-order chi connectivity index (χ0) is 14.1. The molecule has 0 aromatic heterocycles. The number of hydrogen-bond acceptors (Lipinski definition) is 3. The van der Waals surface area contributed by atoms with Gasteiger partial charge in [0.05, 0.1) is 17.8 Å². The van der Waals surface area contributed by atoms with Gasteiger partial charge >= 0.3 is 0 Å². The molecule has 1 N–H and O–H groups in total. The molecule has 0 fully saturated rings. The van der Waals surface area contributed by atoms with E-state index in [1.165, 1.54) is 12.1 Å².